The molecule has 1 N–H and O–H groups in total. The Hall–Kier alpha value is -3.60. The van der Waals surface area contributed by atoms with Crippen molar-refractivity contribution >= 4 is 17.5 Å². The third-order valence-electron chi connectivity index (χ3n) is 5.48. The molecular formula is C26H26N2O3. The summed E-state index contributed by atoms with van der Waals surface area (Å²) < 4.78 is 5.81. The predicted molar refractivity (Wildman–Crippen MR) is 121 cm³/mol. The van der Waals surface area contributed by atoms with Crippen molar-refractivity contribution in [2.75, 3.05) is 11.4 Å². The van der Waals surface area contributed by atoms with Crippen molar-refractivity contribution < 1.29 is 14.3 Å². The first-order valence-electron chi connectivity index (χ1n) is 10.5. The molecule has 3 aromatic rings. The van der Waals surface area contributed by atoms with Crippen LogP contribution in [0.2, 0.25) is 0 Å². The Labute approximate surface area is 182 Å². The van der Waals surface area contributed by atoms with E-state index in [0.717, 1.165) is 22.6 Å². The molecule has 1 fully saturated rings. The van der Waals surface area contributed by atoms with Gasteiger partial charge in [-0.25, -0.2) is 0 Å². The fraction of sp³-hybridized carbons (Fsp3) is 0.231. The fourth-order valence-corrected chi connectivity index (χ4v) is 3.64. The summed E-state index contributed by atoms with van der Waals surface area (Å²) >= 11 is 0. The monoisotopic (exact) mass is 414 g/mol. The van der Waals surface area contributed by atoms with E-state index in [1.54, 1.807) is 4.90 Å². The number of nitrogens with one attached hydrogen (secondary N) is 1. The third kappa shape index (κ3) is 5.31. The van der Waals surface area contributed by atoms with Gasteiger partial charge in [-0.3, -0.25) is 9.59 Å². The third-order valence-corrected chi connectivity index (χ3v) is 5.48. The molecule has 5 nitrogen and oxygen atoms in total. The van der Waals surface area contributed by atoms with Crippen molar-refractivity contribution in [3.63, 3.8) is 0 Å². The number of carbonyl (C=O) groups is 2. The normalized spacial score (nSPS) is 15.7. The molecule has 1 heterocycles. The van der Waals surface area contributed by atoms with Crippen LogP contribution in [-0.2, 0) is 22.7 Å². The zero-order valence-corrected chi connectivity index (χ0v) is 17.6. The molecule has 31 heavy (non-hydrogen) atoms. The molecule has 0 aromatic heterocycles. The van der Waals surface area contributed by atoms with Crippen molar-refractivity contribution in [2.45, 2.75) is 26.5 Å². The zero-order chi connectivity index (χ0) is 21.6. The maximum atomic E-state index is 12.6. The van der Waals surface area contributed by atoms with Crippen LogP contribution in [0, 0.1) is 12.8 Å². The lowest BCUT2D eigenvalue weighted by molar-refractivity contribution is -0.126. The predicted octanol–water partition coefficient (Wildman–Crippen LogP) is 4.24. The van der Waals surface area contributed by atoms with Crippen molar-refractivity contribution in [2.24, 2.45) is 5.92 Å². The first-order chi connectivity index (χ1) is 15.1. The SMILES string of the molecule is Cc1ccc(CNC(=O)C2CC(=O)N(c3ccc(OCc4ccccc4)cc3)C2)cc1. The van der Waals surface area contributed by atoms with Crippen molar-refractivity contribution in [1.29, 1.82) is 0 Å². The Kier molecular flexibility index (Phi) is 6.32. The van der Waals surface area contributed by atoms with Gasteiger partial charge in [0.05, 0.1) is 5.92 Å². The van der Waals surface area contributed by atoms with Crippen molar-refractivity contribution in [3.8, 4) is 5.75 Å². The number of amides is 2. The van der Waals surface area contributed by atoms with Gasteiger partial charge in [-0.05, 0) is 42.3 Å². The summed E-state index contributed by atoms with van der Waals surface area (Å²) in [5.41, 5.74) is 4.11. The van der Waals surface area contributed by atoms with E-state index in [1.165, 1.54) is 5.56 Å². The highest BCUT2D eigenvalue weighted by Crippen LogP contribution is 2.27. The highest BCUT2D eigenvalue weighted by atomic mass is 16.5. The van der Waals surface area contributed by atoms with Gasteiger partial charge in [0.1, 0.15) is 12.4 Å². The average molecular weight is 415 g/mol. The number of anilines is 1. The first-order valence-corrected chi connectivity index (χ1v) is 10.5. The van der Waals surface area contributed by atoms with Crippen molar-refractivity contribution in [1.82, 2.24) is 5.32 Å². The van der Waals surface area contributed by atoms with Crippen LogP contribution < -0.4 is 15.0 Å². The number of ether oxygens (including phenoxy) is 1. The maximum absolute atomic E-state index is 12.6. The fourth-order valence-electron chi connectivity index (χ4n) is 3.64. The topological polar surface area (TPSA) is 58.6 Å². The molecule has 1 aliphatic heterocycles. The number of hydrogen-bond donors (Lipinski definition) is 1. The molecule has 2 amide bonds. The molecule has 0 spiro atoms. The van der Waals surface area contributed by atoms with Crippen LogP contribution in [0.25, 0.3) is 0 Å². The van der Waals surface area contributed by atoms with Crippen LogP contribution in [0.15, 0.2) is 78.9 Å². The lowest BCUT2D eigenvalue weighted by atomic mass is 10.1. The summed E-state index contributed by atoms with van der Waals surface area (Å²) in [7, 11) is 0. The van der Waals surface area contributed by atoms with Crippen molar-refractivity contribution in [3.05, 3.63) is 95.6 Å². The largest absolute Gasteiger partial charge is 0.489 e. The number of hydrogen-bond acceptors (Lipinski definition) is 3. The summed E-state index contributed by atoms with van der Waals surface area (Å²) in [5, 5.41) is 2.96. The van der Waals surface area contributed by atoms with E-state index in [4.69, 9.17) is 4.74 Å². The molecule has 0 aliphatic carbocycles. The summed E-state index contributed by atoms with van der Waals surface area (Å²) in [5.74, 6) is 0.284. The lowest BCUT2D eigenvalue weighted by Gasteiger charge is -2.17. The minimum Gasteiger partial charge on any atom is -0.489 e. The average Bonchev–Trinajstić information content (AvgIpc) is 3.20. The Morgan fingerprint density at radius 2 is 1.68 bits per heavy atom. The van der Waals surface area contributed by atoms with Crippen LogP contribution in [-0.4, -0.2) is 18.4 Å². The van der Waals surface area contributed by atoms with Gasteiger partial charge in [0.25, 0.3) is 0 Å². The minimum absolute atomic E-state index is 0.0339. The number of rotatable bonds is 7. The van der Waals surface area contributed by atoms with Gasteiger partial charge in [-0.15, -0.1) is 0 Å². The summed E-state index contributed by atoms with van der Waals surface area (Å²) in [6.07, 6.45) is 0.228. The molecule has 0 saturated carbocycles. The van der Waals surface area contributed by atoms with E-state index in [0.29, 0.717) is 19.7 Å². The van der Waals surface area contributed by atoms with Gasteiger partial charge >= 0.3 is 0 Å². The van der Waals surface area contributed by atoms with Gasteiger partial charge in [-0.2, -0.15) is 0 Å². The van der Waals surface area contributed by atoms with Crippen LogP contribution in [0.5, 0.6) is 5.75 Å². The molecule has 1 saturated heterocycles. The van der Waals surface area contributed by atoms with Crippen LogP contribution in [0.4, 0.5) is 5.69 Å². The van der Waals surface area contributed by atoms with Crippen LogP contribution in [0.3, 0.4) is 0 Å². The Balaban J connectivity index is 1.31. The summed E-state index contributed by atoms with van der Waals surface area (Å²) in [6.45, 7) is 3.38. The number of benzene rings is 3. The maximum Gasteiger partial charge on any atom is 0.227 e. The molecular weight excluding hydrogens is 388 g/mol. The molecule has 5 heteroatoms. The van der Waals surface area contributed by atoms with E-state index in [1.807, 2.05) is 85.8 Å². The highest BCUT2D eigenvalue weighted by Gasteiger charge is 2.35. The molecule has 0 bridgehead atoms. The Morgan fingerprint density at radius 1 is 0.968 bits per heavy atom. The van der Waals surface area contributed by atoms with Gasteiger partial charge in [0, 0.05) is 25.2 Å². The van der Waals surface area contributed by atoms with Crippen LogP contribution >= 0.6 is 0 Å². The van der Waals surface area contributed by atoms with E-state index in [2.05, 4.69) is 5.32 Å². The minimum atomic E-state index is -0.341. The molecule has 1 atom stereocenters. The molecule has 158 valence electrons. The number of carbonyl (C=O) groups excluding carboxylic acids is 2. The van der Waals surface area contributed by atoms with Gasteiger partial charge < -0.3 is 15.0 Å². The van der Waals surface area contributed by atoms with E-state index in [-0.39, 0.29) is 24.2 Å². The second-order valence-electron chi connectivity index (χ2n) is 7.88. The standard InChI is InChI=1S/C26H26N2O3/c1-19-7-9-20(10-8-19)16-27-26(30)22-15-25(29)28(17-22)23-11-13-24(14-12-23)31-18-21-5-3-2-4-6-21/h2-14,22H,15-18H2,1H3,(H,27,30). The molecule has 0 radical (unpaired) electrons. The smallest absolute Gasteiger partial charge is 0.227 e. The second-order valence-corrected chi connectivity index (χ2v) is 7.88. The number of aryl methyl sites for hydroxylation is 1. The van der Waals surface area contributed by atoms with E-state index in [9.17, 15) is 9.59 Å². The Bertz CT molecular complexity index is 1030. The Morgan fingerprint density at radius 3 is 2.39 bits per heavy atom. The van der Waals surface area contributed by atoms with E-state index >= 15 is 0 Å². The molecule has 1 aliphatic rings. The summed E-state index contributed by atoms with van der Waals surface area (Å²) in [6, 6.07) is 25.5. The molecule has 4 rings (SSSR count). The second kappa shape index (κ2) is 9.47. The van der Waals surface area contributed by atoms with Gasteiger partial charge in [0.2, 0.25) is 11.8 Å². The molecule has 3 aromatic carbocycles. The quantitative estimate of drug-likeness (QED) is 0.629. The summed E-state index contributed by atoms with van der Waals surface area (Å²) in [4.78, 5) is 26.8. The van der Waals surface area contributed by atoms with Gasteiger partial charge in [0.15, 0.2) is 0 Å². The van der Waals surface area contributed by atoms with Crippen LogP contribution in [0.1, 0.15) is 23.1 Å². The zero-order valence-electron chi connectivity index (χ0n) is 17.6. The van der Waals surface area contributed by atoms with Gasteiger partial charge in [-0.1, -0.05) is 60.2 Å². The first kappa shape index (κ1) is 20.7. The lowest BCUT2D eigenvalue weighted by Crippen LogP contribution is -2.32. The molecule has 1 unspecified atom stereocenters. The number of nitrogens with zero attached hydrogens (tertiary/aromatic N) is 1. The van der Waals surface area contributed by atoms with E-state index < -0.39 is 0 Å². The highest BCUT2D eigenvalue weighted by molar-refractivity contribution is 6.00.